The van der Waals surface area contributed by atoms with Crippen molar-refractivity contribution in [3.8, 4) is 0 Å². The molecule has 1 atom stereocenters. The number of hydrogen-bond donors (Lipinski definition) is 1. The topological polar surface area (TPSA) is 67.6 Å². The van der Waals surface area contributed by atoms with Crippen molar-refractivity contribution in [3.05, 3.63) is 18.1 Å². The van der Waals surface area contributed by atoms with Crippen LogP contribution in [0, 0.1) is 6.92 Å². The Hall–Kier alpha value is -1.73. The number of hydrogen-bond acceptors (Lipinski definition) is 6. The smallest absolute Gasteiger partial charge is 0.254 e. The van der Waals surface area contributed by atoms with E-state index in [1.807, 2.05) is 13.0 Å². The van der Waals surface area contributed by atoms with Crippen LogP contribution in [-0.4, -0.2) is 63.4 Å². The van der Waals surface area contributed by atoms with Gasteiger partial charge in [0.05, 0.1) is 12.7 Å². The highest BCUT2D eigenvalue weighted by Gasteiger charge is 2.19. The lowest BCUT2D eigenvalue weighted by atomic mass is 10.2. The first-order valence-corrected chi connectivity index (χ1v) is 7.01. The van der Waals surface area contributed by atoms with Crippen LogP contribution in [0.3, 0.4) is 0 Å². The van der Waals surface area contributed by atoms with E-state index in [0.29, 0.717) is 5.78 Å². The minimum absolute atomic E-state index is 0.204. The standard InChI is InChI=1S/C13H20N6O/c1-3-18-4-5-20-11(8-18)7-14-12-6-10(2)17-13-15-9-16-19(12)13/h6,9,11,14H,3-5,7-8H2,1-2H3. The molecule has 0 radical (unpaired) electrons. The van der Waals surface area contributed by atoms with E-state index in [4.69, 9.17) is 4.74 Å². The summed E-state index contributed by atoms with van der Waals surface area (Å²) in [4.78, 5) is 10.8. The number of aryl methyl sites for hydroxylation is 1. The van der Waals surface area contributed by atoms with Gasteiger partial charge in [-0.15, -0.1) is 0 Å². The first kappa shape index (κ1) is 13.3. The van der Waals surface area contributed by atoms with Crippen LogP contribution in [0.4, 0.5) is 5.82 Å². The molecule has 1 aliphatic rings. The number of rotatable bonds is 4. The summed E-state index contributed by atoms with van der Waals surface area (Å²) in [6, 6.07) is 1.97. The molecule has 7 nitrogen and oxygen atoms in total. The first-order chi connectivity index (χ1) is 9.76. The van der Waals surface area contributed by atoms with Crippen LogP contribution in [0.5, 0.6) is 0 Å². The van der Waals surface area contributed by atoms with E-state index in [-0.39, 0.29) is 6.10 Å². The number of ether oxygens (including phenoxy) is 1. The fourth-order valence-corrected chi connectivity index (χ4v) is 2.47. The summed E-state index contributed by atoms with van der Waals surface area (Å²) in [6.45, 7) is 8.75. The molecule has 108 valence electrons. The Morgan fingerprint density at radius 3 is 3.25 bits per heavy atom. The minimum atomic E-state index is 0.204. The lowest BCUT2D eigenvalue weighted by molar-refractivity contribution is -0.0192. The average Bonchev–Trinajstić information content (AvgIpc) is 2.93. The lowest BCUT2D eigenvalue weighted by Crippen LogP contribution is -2.45. The first-order valence-electron chi connectivity index (χ1n) is 7.01. The number of aromatic nitrogens is 4. The Morgan fingerprint density at radius 1 is 1.50 bits per heavy atom. The summed E-state index contributed by atoms with van der Waals surface area (Å²) in [5.41, 5.74) is 0.924. The highest BCUT2D eigenvalue weighted by atomic mass is 16.5. The predicted octanol–water partition coefficient (Wildman–Crippen LogP) is 0.565. The summed E-state index contributed by atoms with van der Waals surface area (Å²) in [5, 5.41) is 7.58. The van der Waals surface area contributed by atoms with E-state index in [0.717, 1.165) is 44.3 Å². The van der Waals surface area contributed by atoms with Gasteiger partial charge in [-0.2, -0.15) is 14.6 Å². The monoisotopic (exact) mass is 276 g/mol. The van der Waals surface area contributed by atoms with Crippen LogP contribution >= 0.6 is 0 Å². The van der Waals surface area contributed by atoms with E-state index < -0.39 is 0 Å². The van der Waals surface area contributed by atoms with Crippen molar-refractivity contribution in [2.24, 2.45) is 0 Å². The number of fused-ring (bicyclic) bond motifs is 1. The Morgan fingerprint density at radius 2 is 2.40 bits per heavy atom. The zero-order chi connectivity index (χ0) is 13.9. The van der Waals surface area contributed by atoms with Crippen molar-refractivity contribution in [2.75, 3.05) is 38.1 Å². The van der Waals surface area contributed by atoms with Crippen molar-refractivity contribution >= 4 is 11.6 Å². The van der Waals surface area contributed by atoms with Crippen molar-refractivity contribution in [3.63, 3.8) is 0 Å². The number of anilines is 1. The molecular weight excluding hydrogens is 256 g/mol. The second kappa shape index (κ2) is 5.72. The lowest BCUT2D eigenvalue weighted by Gasteiger charge is -2.32. The molecule has 3 heterocycles. The van der Waals surface area contributed by atoms with Gasteiger partial charge in [0.25, 0.3) is 5.78 Å². The molecule has 2 aromatic heterocycles. The average molecular weight is 276 g/mol. The van der Waals surface area contributed by atoms with E-state index in [2.05, 4.69) is 32.2 Å². The third-order valence-electron chi connectivity index (χ3n) is 3.56. The van der Waals surface area contributed by atoms with E-state index in [1.165, 1.54) is 6.33 Å². The molecule has 3 rings (SSSR count). The molecule has 0 amide bonds. The Balaban J connectivity index is 1.69. The summed E-state index contributed by atoms with van der Waals surface area (Å²) in [6.07, 6.45) is 1.72. The summed E-state index contributed by atoms with van der Waals surface area (Å²) in [7, 11) is 0. The highest BCUT2D eigenvalue weighted by molar-refractivity contribution is 5.44. The third kappa shape index (κ3) is 2.73. The third-order valence-corrected chi connectivity index (χ3v) is 3.56. The van der Waals surface area contributed by atoms with Gasteiger partial charge in [0.1, 0.15) is 12.1 Å². The number of likely N-dealkylation sites (N-methyl/N-ethyl adjacent to an activating group) is 1. The molecule has 0 spiro atoms. The molecule has 1 fully saturated rings. The maximum atomic E-state index is 5.79. The molecule has 0 aromatic carbocycles. The highest BCUT2D eigenvalue weighted by Crippen LogP contribution is 2.11. The van der Waals surface area contributed by atoms with Crippen LogP contribution in [0.1, 0.15) is 12.6 Å². The Kier molecular flexibility index (Phi) is 3.79. The quantitative estimate of drug-likeness (QED) is 0.880. The zero-order valence-electron chi connectivity index (χ0n) is 11.9. The molecule has 20 heavy (non-hydrogen) atoms. The van der Waals surface area contributed by atoms with Crippen molar-refractivity contribution in [1.82, 2.24) is 24.5 Å². The second-order valence-corrected chi connectivity index (χ2v) is 5.02. The molecule has 0 saturated carbocycles. The molecule has 0 aliphatic carbocycles. The van der Waals surface area contributed by atoms with Gasteiger partial charge in [0.15, 0.2) is 0 Å². The fourth-order valence-electron chi connectivity index (χ4n) is 2.47. The van der Waals surface area contributed by atoms with Crippen LogP contribution in [0.15, 0.2) is 12.4 Å². The van der Waals surface area contributed by atoms with Gasteiger partial charge in [0.2, 0.25) is 0 Å². The number of nitrogens with one attached hydrogen (secondary N) is 1. The second-order valence-electron chi connectivity index (χ2n) is 5.02. The van der Waals surface area contributed by atoms with Crippen molar-refractivity contribution in [2.45, 2.75) is 20.0 Å². The van der Waals surface area contributed by atoms with Crippen molar-refractivity contribution in [1.29, 1.82) is 0 Å². The summed E-state index contributed by atoms with van der Waals surface area (Å²) < 4.78 is 7.51. The molecule has 1 saturated heterocycles. The predicted molar refractivity (Wildman–Crippen MR) is 75.9 cm³/mol. The Bertz CT molecular complexity index is 583. The van der Waals surface area contributed by atoms with Gasteiger partial charge in [-0.25, -0.2) is 4.98 Å². The molecule has 7 heteroatoms. The fraction of sp³-hybridized carbons (Fsp3) is 0.615. The van der Waals surface area contributed by atoms with Gasteiger partial charge < -0.3 is 10.1 Å². The van der Waals surface area contributed by atoms with Gasteiger partial charge in [-0.05, 0) is 13.5 Å². The summed E-state index contributed by atoms with van der Waals surface area (Å²) in [5.74, 6) is 1.52. The maximum Gasteiger partial charge on any atom is 0.254 e. The molecule has 1 unspecified atom stereocenters. The van der Waals surface area contributed by atoms with Crippen LogP contribution in [-0.2, 0) is 4.74 Å². The molecule has 1 aliphatic heterocycles. The SMILES string of the molecule is CCN1CCOC(CNc2cc(C)nc3ncnn23)C1. The molecule has 0 bridgehead atoms. The largest absolute Gasteiger partial charge is 0.374 e. The normalized spacial score (nSPS) is 20.4. The van der Waals surface area contributed by atoms with E-state index in [9.17, 15) is 0 Å². The van der Waals surface area contributed by atoms with E-state index in [1.54, 1.807) is 4.52 Å². The molecular formula is C13H20N6O. The Labute approximate surface area is 118 Å². The minimum Gasteiger partial charge on any atom is -0.374 e. The van der Waals surface area contributed by atoms with Gasteiger partial charge in [-0.3, -0.25) is 4.90 Å². The van der Waals surface area contributed by atoms with E-state index >= 15 is 0 Å². The van der Waals surface area contributed by atoms with Crippen LogP contribution in [0.2, 0.25) is 0 Å². The van der Waals surface area contributed by atoms with Gasteiger partial charge in [0, 0.05) is 31.4 Å². The molecule has 2 aromatic rings. The summed E-state index contributed by atoms with van der Waals surface area (Å²) >= 11 is 0. The zero-order valence-corrected chi connectivity index (χ0v) is 11.9. The van der Waals surface area contributed by atoms with Crippen LogP contribution < -0.4 is 5.32 Å². The van der Waals surface area contributed by atoms with Gasteiger partial charge in [-0.1, -0.05) is 6.92 Å². The number of morpholine rings is 1. The van der Waals surface area contributed by atoms with Gasteiger partial charge >= 0.3 is 0 Å². The number of nitrogens with zero attached hydrogens (tertiary/aromatic N) is 5. The maximum absolute atomic E-state index is 5.79. The molecule has 1 N–H and O–H groups in total. The van der Waals surface area contributed by atoms with Crippen LogP contribution in [0.25, 0.3) is 5.78 Å². The van der Waals surface area contributed by atoms with Crippen molar-refractivity contribution < 1.29 is 4.74 Å².